The zero-order chi connectivity index (χ0) is 47.2. The minimum Gasteiger partial charge on any atom is -0.354 e. The second kappa shape index (κ2) is 21.2. The number of hydrogen-bond acceptors (Lipinski definition) is 7. The number of nitrogens with one attached hydrogen (secondary N) is 4. The highest BCUT2D eigenvalue weighted by atomic mass is 35.5. The lowest BCUT2D eigenvalue weighted by atomic mass is 9.83. The molecule has 2 saturated heterocycles. The topological polar surface area (TPSA) is 177 Å². The molecule has 0 unspecified atom stereocenters. The van der Waals surface area contributed by atoms with Crippen LogP contribution in [0.5, 0.6) is 0 Å². The van der Waals surface area contributed by atoms with Gasteiger partial charge in [-0.25, -0.2) is 4.39 Å². The van der Waals surface area contributed by atoms with Gasteiger partial charge in [-0.2, -0.15) is 13.2 Å². The van der Waals surface area contributed by atoms with Crippen LogP contribution in [-0.4, -0.2) is 131 Å². The third-order valence-electron chi connectivity index (χ3n) is 12.3. The summed E-state index contributed by atoms with van der Waals surface area (Å²) in [4.78, 5) is 101. The molecule has 0 spiro atoms. The Morgan fingerprint density at radius 3 is 2.25 bits per heavy atom. The van der Waals surface area contributed by atoms with Crippen LogP contribution < -0.4 is 21.3 Å². The lowest BCUT2D eigenvalue weighted by molar-refractivity contribution is -0.226. The van der Waals surface area contributed by atoms with Crippen LogP contribution in [0, 0.1) is 11.3 Å². The summed E-state index contributed by atoms with van der Waals surface area (Å²) in [5.41, 5.74) is -3.72. The standard InChI is InChI=1S/C43H61Cl2F4N7O7/c1-8-55(37(60)25(4)51-35(58)33-22-28(46)23-56(33)40(63)42(43(47,48)49)16-10-11-17-42)31-13-9-12-18-50-39(62)41(5,6)53-36(59)32(21-26-20-27(44)14-15-29(26)45)54(7)38(61)30(19-24(2)3)52-34(31)57/h14-15,20,24-25,28,30-33H,8-13,16-19,21-23H2,1-7H3,(H,50,62)(H,51,58)(H,52,57)(H,53,59)/t25-,28+,30-,31-,32-,33-/m0/s1. The molecule has 1 aromatic carbocycles. The van der Waals surface area contributed by atoms with E-state index in [-0.39, 0.29) is 56.1 Å². The fourth-order valence-corrected chi connectivity index (χ4v) is 9.10. The first-order valence-corrected chi connectivity index (χ1v) is 22.3. The van der Waals surface area contributed by atoms with E-state index in [1.807, 2.05) is 13.8 Å². The second-order valence-corrected chi connectivity index (χ2v) is 18.8. The molecule has 1 aromatic rings. The van der Waals surface area contributed by atoms with Crippen LogP contribution in [0.1, 0.15) is 105 Å². The maximum absolute atomic E-state index is 14.8. The molecule has 2 aliphatic heterocycles. The second-order valence-electron chi connectivity index (χ2n) is 17.9. The van der Waals surface area contributed by atoms with Crippen molar-refractivity contribution in [2.75, 3.05) is 26.7 Å². The molecule has 20 heteroatoms. The highest BCUT2D eigenvalue weighted by Crippen LogP contribution is 2.52. The van der Waals surface area contributed by atoms with E-state index in [2.05, 4.69) is 21.3 Å². The number of likely N-dealkylation sites (tertiary alicyclic amines) is 1. The smallest absolute Gasteiger partial charge is 0.354 e. The first-order chi connectivity index (χ1) is 29.3. The Morgan fingerprint density at radius 2 is 1.65 bits per heavy atom. The summed E-state index contributed by atoms with van der Waals surface area (Å²) in [6.45, 7) is 8.97. The molecule has 14 nitrogen and oxygen atoms in total. The van der Waals surface area contributed by atoms with Crippen molar-refractivity contribution in [1.29, 1.82) is 0 Å². The maximum atomic E-state index is 14.8. The van der Waals surface area contributed by atoms with Crippen molar-refractivity contribution in [3.05, 3.63) is 33.8 Å². The number of benzene rings is 1. The van der Waals surface area contributed by atoms with Crippen molar-refractivity contribution in [2.45, 2.75) is 154 Å². The fourth-order valence-electron chi connectivity index (χ4n) is 8.72. The van der Waals surface area contributed by atoms with Crippen molar-refractivity contribution in [3.63, 3.8) is 0 Å². The van der Waals surface area contributed by atoms with Gasteiger partial charge in [0.2, 0.25) is 41.4 Å². The van der Waals surface area contributed by atoms with Crippen LogP contribution in [0.3, 0.4) is 0 Å². The quantitative estimate of drug-likeness (QED) is 0.242. The Labute approximate surface area is 376 Å². The molecule has 63 heavy (non-hydrogen) atoms. The lowest BCUT2D eigenvalue weighted by Gasteiger charge is -2.37. The van der Waals surface area contributed by atoms with Gasteiger partial charge in [0.1, 0.15) is 47.3 Å². The van der Waals surface area contributed by atoms with Crippen LogP contribution in [-0.2, 0) is 40.0 Å². The molecule has 3 aliphatic rings. The van der Waals surface area contributed by atoms with E-state index in [0.29, 0.717) is 28.3 Å². The zero-order valence-corrected chi connectivity index (χ0v) is 38.4. The molecule has 1 saturated carbocycles. The summed E-state index contributed by atoms with van der Waals surface area (Å²) in [6.07, 6.45) is -7.21. The maximum Gasteiger partial charge on any atom is 0.403 e. The molecule has 0 bridgehead atoms. The number of likely N-dealkylation sites (N-methyl/N-ethyl adjacent to an activating group) is 2. The van der Waals surface area contributed by atoms with Crippen molar-refractivity contribution in [1.82, 2.24) is 36.0 Å². The number of carbonyl (C=O) groups excluding carboxylic acids is 7. The third kappa shape index (κ3) is 12.1. The van der Waals surface area contributed by atoms with Crippen LogP contribution in [0.4, 0.5) is 17.6 Å². The summed E-state index contributed by atoms with van der Waals surface area (Å²) in [5, 5.41) is 11.4. The van der Waals surface area contributed by atoms with Crippen molar-refractivity contribution in [2.24, 2.45) is 11.3 Å². The normalized spacial score (nSPS) is 25.6. The van der Waals surface area contributed by atoms with Gasteiger partial charge in [-0.15, -0.1) is 0 Å². The first-order valence-electron chi connectivity index (χ1n) is 21.6. The van der Waals surface area contributed by atoms with Gasteiger partial charge in [-0.1, -0.05) is 49.9 Å². The Bertz CT molecular complexity index is 1880. The number of halogens is 6. The molecule has 1 aliphatic carbocycles. The van der Waals surface area contributed by atoms with E-state index < -0.39 is 121 Å². The molecule has 4 N–H and O–H groups in total. The Morgan fingerprint density at radius 1 is 1.00 bits per heavy atom. The van der Waals surface area contributed by atoms with Crippen LogP contribution in [0.15, 0.2) is 18.2 Å². The summed E-state index contributed by atoms with van der Waals surface area (Å²) < 4.78 is 57.8. The van der Waals surface area contributed by atoms with Crippen LogP contribution in [0.2, 0.25) is 10.0 Å². The summed E-state index contributed by atoms with van der Waals surface area (Å²) in [7, 11) is 1.39. The molecule has 352 valence electrons. The minimum absolute atomic E-state index is 0.0460. The average molecular weight is 935 g/mol. The van der Waals surface area contributed by atoms with E-state index in [4.69, 9.17) is 23.2 Å². The van der Waals surface area contributed by atoms with Gasteiger partial charge in [0.25, 0.3) is 0 Å². The van der Waals surface area contributed by atoms with Gasteiger partial charge in [0, 0.05) is 43.0 Å². The van der Waals surface area contributed by atoms with Crippen molar-refractivity contribution in [3.8, 4) is 0 Å². The van der Waals surface area contributed by atoms with Crippen molar-refractivity contribution < 1.29 is 51.1 Å². The molecule has 3 fully saturated rings. The van der Waals surface area contributed by atoms with Crippen LogP contribution >= 0.6 is 23.2 Å². The fraction of sp³-hybridized carbons (Fsp3) is 0.698. The Kier molecular flexibility index (Phi) is 17.3. The monoisotopic (exact) mass is 933 g/mol. The van der Waals surface area contributed by atoms with E-state index in [0.717, 1.165) is 0 Å². The van der Waals surface area contributed by atoms with E-state index in [1.54, 1.807) is 25.1 Å². The summed E-state index contributed by atoms with van der Waals surface area (Å²) in [5.74, 6) is -5.84. The molecule has 2 heterocycles. The largest absolute Gasteiger partial charge is 0.403 e. The number of amides is 7. The highest BCUT2D eigenvalue weighted by Gasteiger charge is 2.63. The molecule has 0 radical (unpaired) electrons. The van der Waals surface area contributed by atoms with E-state index >= 15 is 0 Å². The summed E-state index contributed by atoms with van der Waals surface area (Å²) >= 11 is 12.8. The van der Waals surface area contributed by atoms with Gasteiger partial charge >= 0.3 is 6.18 Å². The van der Waals surface area contributed by atoms with Crippen molar-refractivity contribution >= 4 is 64.6 Å². The highest BCUT2D eigenvalue weighted by molar-refractivity contribution is 6.33. The number of carbonyl (C=O) groups is 7. The number of rotatable bonds is 10. The van der Waals surface area contributed by atoms with Gasteiger partial charge in [0.15, 0.2) is 0 Å². The molecular formula is C43H61Cl2F4N7O7. The molecule has 0 aromatic heterocycles. The first kappa shape index (κ1) is 51.4. The minimum atomic E-state index is -4.91. The average Bonchev–Trinajstić information content (AvgIpc) is 3.87. The van der Waals surface area contributed by atoms with Crippen LogP contribution in [0.25, 0.3) is 0 Å². The van der Waals surface area contributed by atoms with Gasteiger partial charge in [-0.05, 0) is 95.9 Å². The number of nitrogens with zero attached hydrogens (tertiary/aromatic N) is 3. The zero-order valence-electron chi connectivity index (χ0n) is 36.9. The third-order valence-corrected chi connectivity index (χ3v) is 12.9. The number of alkyl halides is 4. The molecular weight excluding hydrogens is 873 g/mol. The van der Waals surface area contributed by atoms with E-state index in [9.17, 15) is 51.1 Å². The van der Waals surface area contributed by atoms with Gasteiger partial charge in [0.05, 0.1) is 6.54 Å². The summed E-state index contributed by atoms with van der Waals surface area (Å²) in [6, 6.07) is -1.99. The molecule has 6 atom stereocenters. The van der Waals surface area contributed by atoms with Gasteiger partial charge in [-0.3, -0.25) is 33.6 Å². The molecule has 4 rings (SSSR count). The molecule has 7 amide bonds. The Hall–Kier alpha value is -4.19. The predicted molar refractivity (Wildman–Crippen MR) is 228 cm³/mol. The van der Waals surface area contributed by atoms with Gasteiger partial charge < -0.3 is 36.0 Å². The SMILES string of the molecule is CCN(C(=O)[C@H](C)NC(=O)[C@@H]1C[C@@H](F)CN1C(=O)C1(C(F)(F)F)CCCC1)[C@H]1CCCCNC(=O)C(C)(C)NC(=O)[C@H](Cc2cc(Cl)ccc2Cl)N(C)C(=O)[C@H](CC(C)C)NC1=O. The Balaban J connectivity index is 1.63. The van der Waals surface area contributed by atoms with E-state index in [1.165, 1.54) is 37.6 Å². The number of hydrogen-bond donors (Lipinski definition) is 4. The lowest BCUT2D eigenvalue weighted by Crippen LogP contribution is -2.62. The predicted octanol–water partition coefficient (Wildman–Crippen LogP) is 4.87.